The van der Waals surface area contributed by atoms with E-state index in [1.54, 1.807) is 30.6 Å². The molecule has 1 atom stereocenters. The molecule has 1 unspecified atom stereocenters. The lowest BCUT2D eigenvalue weighted by atomic mass is 10.1. The maximum Gasteiger partial charge on any atom is 0.260 e. The molecule has 0 bridgehead atoms. The van der Waals surface area contributed by atoms with Crippen LogP contribution in [0.3, 0.4) is 0 Å². The van der Waals surface area contributed by atoms with Gasteiger partial charge in [-0.05, 0) is 24.3 Å². The number of carbonyl (C=O) groups is 1. The summed E-state index contributed by atoms with van der Waals surface area (Å²) in [5.74, 6) is -0.386. The Labute approximate surface area is 159 Å². The van der Waals surface area contributed by atoms with E-state index >= 15 is 0 Å². The van der Waals surface area contributed by atoms with E-state index in [4.69, 9.17) is 4.84 Å². The zero-order valence-corrected chi connectivity index (χ0v) is 14.6. The predicted molar refractivity (Wildman–Crippen MR) is 97.0 cm³/mol. The van der Waals surface area contributed by atoms with Gasteiger partial charge in [-0.15, -0.1) is 5.48 Å². The molecule has 2 N–H and O–H groups in total. The molecule has 9 nitrogen and oxygen atoms in total. The molecular weight excluding hydrogens is 365 g/mol. The number of benzene rings is 1. The van der Waals surface area contributed by atoms with Crippen molar-refractivity contribution in [3.63, 3.8) is 0 Å². The van der Waals surface area contributed by atoms with Gasteiger partial charge in [-0.1, -0.05) is 12.1 Å². The Morgan fingerprint density at radius 3 is 2.82 bits per heavy atom. The van der Waals surface area contributed by atoms with Gasteiger partial charge in [0.25, 0.3) is 11.8 Å². The van der Waals surface area contributed by atoms with Crippen molar-refractivity contribution in [3.05, 3.63) is 72.1 Å². The third kappa shape index (κ3) is 3.86. The van der Waals surface area contributed by atoms with Crippen molar-refractivity contribution in [2.45, 2.75) is 12.6 Å². The lowest BCUT2D eigenvalue weighted by molar-refractivity contribution is 0.0948. The molecule has 142 valence electrons. The number of nitrogens with zero attached hydrogens (tertiary/aromatic N) is 5. The van der Waals surface area contributed by atoms with E-state index in [-0.39, 0.29) is 18.0 Å². The van der Waals surface area contributed by atoms with Crippen molar-refractivity contribution in [3.8, 4) is 5.69 Å². The third-order valence-corrected chi connectivity index (χ3v) is 4.00. The molecule has 2 aromatic heterocycles. The van der Waals surface area contributed by atoms with Gasteiger partial charge in [0.2, 0.25) is 0 Å². The summed E-state index contributed by atoms with van der Waals surface area (Å²) in [6, 6.07) is 9.85. The summed E-state index contributed by atoms with van der Waals surface area (Å²) in [5, 5.41) is 11.0. The fraction of sp³-hybridized carbons (Fsp3) is 0.167. The van der Waals surface area contributed by atoms with Crippen LogP contribution in [-0.2, 0) is 4.84 Å². The first kappa shape index (κ1) is 17.7. The van der Waals surface area contributed by atoms with Crippen LogP contribution in [0.2, 0.25) is 0 Å². The maximum atomic E-state index is 12.9. The minimum absolute atomic E-state index is 0.240. The topological polar surface area (TPSA) is 106 Å². The molecule has 0 spiro atoms. The van der Waals surface area contributed by atoms with Gasteiger partial charge in [-0.3, -0.25) is 4.79 Å². The van der Waals surface area contributed by atoms with Crippen LogP contribution in [0.1, 0.15) is 22.5 Å². The molecule has 1 aliphatic heterocycles. The van der Waals surface area contributed by atoms with Gasteiger partial charge >= 0.3 is 0 Å². The zero-order chi connectivity index (χ0) is 19.3. The van der Waals surface area contributed by atoms with E-state index < -0.39 is 5.82 Å². The van der Waals surface area contributed by atoms with E-state index in [0.717, 1.165) is 6.20 Å². The molecule has 1 aliphatic rings. The molecular formula is C18H16FN7O2. The Balaban J connectivity index is 1.35. The molecule has 0 saturated carbocycles. The summed E-state index contributed by atoms with van der Waals surface area (Å²) in [6.07, 6.45) is 4.35. The molecule has 1 amide bonds. The number of hydrogen-bond donors (Lipinski definition) is 2. The number of nitrogens with one attached hydrogen (secondary N) is 2. The number of aliphatic imine (C=N–C) groups is 1. The number of hydrogen-bond acceptors (Lipinski definition) is 7. The standard InChI is InChI=1S/C18H16FN7O2/c19-12-5-6-14(21-11-12)18-24-16(25-28-18)7-8-20-17(27)13-3-1-2-4-15(13)26-22-9-10-23-26/h1-6,9-11,16,25H,7-8H2,(H,20,27). The van der Waals surface area contributed by atoms with Crippen LogP contribution < -0.4 is 10.8 Å². The van der Waals surface area contributed by atoms with Crippen molar-refractivity contribution < 1.29 is 14.0 Å². The number of hydroxylamine groups is 1. The highest BCUT2D eigenvalue weighted by molar-refractivity contribution is 5.97. The normalized spacial score (nSPS) is 15.8. The van der Waals surface area contributed by atoms with Crippen molar-refractivity contribution in [1.29, 1.82) is 0 Å². The fourth-order valence-corrected chi connectivity index (χ4v) is 2.66. The molecule has 0 saturated heterocycles. The first-order valence-corrected chi connectivity index (χ1v) is 8.57. The molecule has 28 heavy (non-hydrogen) atoms. The van der Waals surface area contributed by atoms with Crippen LogP contribution in [0.4, 0.5) is 4.39 Å². The second-order valence-corrected chi connectivity index (χ2v) is 5.91. The molecule has 10 heteroatoms. The third-order valence-electron chi connectivity index (χ3n) is 4.00. The summed E-state index contributed by atoms with van der Waals surface area (Å²) in [4.78, 5) is 27.5. The van der Waals surface area contributed by atoms with Crippen molar-refractivity contribution in [2.75, 3.05) is 6.54 Å². The van der Waals surface area contributed by atoms with Gasteiger partial charge in [0.15, 0.2) is 0 Å². The first-order valence-electron chi connectivity index (χ1n) is 8.57. The minimum atomic E-state index is -0.430. The number of rotatable bonds is 6. The lowest BCUT2D eigenvalue weighted by Crippen LogP contribution is -2.31. The Hall–Kier alpha value is -3.66. The van der Waals surface area contributed by atoms with Crippen LogP contribution in [0.15, 0.2) is 60.0 Å². The van der Waals surface area contributed by atoms with Gasteiger partial charge in [0.05, 0.1) is 29.8 Å². The Kier molecular flexibility index (Phi) is 5.02. The number of pyridine rings is 1. The van der Waals surface area contributed by atoms with Gasteiger partial charge < -0.3 is 10.2 Å². The van der Waals surface area contributed by atoms with Crippen LogP contribution in [0.25, 0.3) is 5.69 Å². The second kappa shape index (κ2) is 7.92. The van der Waals surface area contributed by atoms with Crippen molar-refractivity contribution in [1.82, 2.24) is 30.8 Å². The average molecular weight is 381 g/mol. The van der Waals surface area contributed by atoms with E-state index in [1.165, 1.54) is 16.9 Å². The van der Waals surface area contributed by atoms with E-state index in [2.05, 4.69) is 31.0 Å². The SMILES string of the molecule is O=C(NCCC1N=C(c2ccc(F)cn2)ON1)c1ccccc1-n1nccn1. The quantitative estimate of drug-likeness (QED) is 0.665. The fourth-order valence-electron chi connectivity index (χ4n) is 2.66. The molecule has 3 heterocycles. The van der Waals surface area contributed by atoms with E-state index in [1.807, 2.05) is 6.07 Å². The van der Waals surface area contributed by atoms with E-state index in [9.17, 15) is 9.18 Å². The van der Waals surface area contributed by atoms with Gasteiger partial charge in [-0.2, -0.15) is 15.0 Å². The number of halogens is 1. The Morgan fingerprint density at radius 2 is 2.04 bits per heavy atom. The first-order chi connectivity index (χ1) is 13.7. The van der Waals surface area contributed by atoms with Gasteiger partial charge in [0.1, 0.15) is 17.7 Å². The predicted octanol–water partition coefficient (Wildman–Crippen LogP) is 1.23. The number of para-hydroxylation sites is 1. The summed E-state index contributed by atoms with van der Waals surface area (Å²) < 4.78 is 12.9. The largest absolute Gasteiger partial charge is 0.384 e. The van der Waals surface area contributed by atoms with Crippen LogP contribution in [0.5, 0.6) is 0 Å². The minimum Gasteiger partial charge on any atom is -0.384 e. The highest BCUT2D eigenvalue weighted by Crippen LogP contribution is 2.13. The van der Waals surface area contributed by atoms with Crippen LogP contribution in [-0.4, -0.2) is 44.5 Å². The molecule has 0 radical (unpaired) electrons. The van der Waals surface area contributed by atoms with Crippen LogP contribution in [0, 0.1) is 5.82 Å². The smallest absolute Gasteiger partial charge is 0.260 e. The van der Waals surface area contributed by atoms with Gasteiger partial charge in [0, 0.05) is 13.0 Å². The number of carbonyl (C=O) groups excluding carboxylic acids is 1. The van der Waals surface area contributed by atoms with E-state index in [0.29, 0.717) is 29.9 Å². The Bertz CT molecular complexity index is 989. The maximum absolute atomic E-state index is 12.9. The number of aromatic nitrogens is 4. The highest BCUT2D eigenvalue weighted by Gasteiger charge is 2.21. The summed E-state index contributed by atoms with van der Waals surface area (Å²) in [5.41, 5.74) is 4.25. The molecule has 4 rings (SSSR count). The monoisotopic (exact) mass is 381 g/mol. The zero-order valence-electron chi connectivity index (χ0n) is 14.6. The average Bonchev–Trinajstić information content (AvgIpc) is 3.41. The summed E-state index contributed by atoms with van der Waals surface area (Å²) in [6.45, 7) is 0.369. The summed E-state index contributed by atoms with van der Waals surface area (Å²) >= 11 is 0. The van der Waals surface area contributed by atoms with Gasteiger partial charge in [-0.25, -0.2) is 14.4 Å². The molecule has 0 aliphatic carbocycles. The second-order valence-electron chi connectivity index (χ2n) is 5.91. The van der Waals surface area contributed by atoms with Crippen molar-refractivity contribution in [2.24, 2.45) is 4.99 Å². The Morgan fingerprint density at radius 1 is 1.21 bits per heavy atom. The molecule has 0 fully saturated rings. The molecule has 1 aromatic carbocycles. The lowest BCUT2D eigenvalue weighted by Gasteiger charge is -2.10. The van der Waals surface area contributed by atoms with Crippen molar-refractivity contribution >= 4 is 11.8 Å². The highest BCUT2D eigenvalue weighted by atomic mass is 19.1. The summed E-state index contributed by atoms with van der Waals surface area (Å²) in [7, 11) is 0. The molecule has 3 aromatic rings. The number of amides is 1. The van der Waals surface area contributed by atoms with Crippen LogP contribution >= 0.6 is 0 Å².